The van der Waals surface area contributed by atoms with Gasteiger partial charge in [0.05, 0.1) is 27.1 Å². The van der Waals surface area contributed by atoms with Gasteiger partial charge < -0.3 is 19.1 Å². The molecule has 0 saturated carbocycles. The molecular formula is C32H34F3N3O4S. The minimum atomic E-state index is -4.55. The van der Waals surface area contributed by atoms with E-state index in [1.165, 1.54) is 13.0 Å². The number of halogens is 3. The van der Waals surface area contributed by atoms with Crippen LogP contribution < -0.4 is 14.7 Å². The number of benzene rings is 3. The molecule has 11 heteroatoms. The standard InChI is InChI=1S/C32H34F3N3O4S/c1-4-36-26-16-15-25(32(33,34)35)21-27(26)38(19-18-22(3)43(39,40)41)30(36)12-9-13-31-37(5-2)28-20-24(14-17-29(28)42-31)23-10-7-6-8-11-23/h6-17,20-22,31H,4-5,18-19H2,1-3H3,(H,39,40,41)/b13-9-,30-12-. The monoisotopic (exact) mass is 613 g/mol. The van der Waals surface area contributed by atoms with E-state index in [9.17, 15) is 26.1 Å². The molecule has 2 atom stereocenters. The summed E-state index contributed by atoms with van der Waals surface area (Å²) < 4.78 is 80.4. The summed E-state index contributed by atoms with van der Waals surface area (Å²) in [5, 5.41) is -1.19. The molecule has 3 aromatic rings. The molecule has 0 aliphatic carbocycles. The van der Waals surface area contributed by atoms with Gasteiger partial charge in [-0.05, 0) is 74.7 Å². The van der Waals surface area contributed by atoms with Crippen molar-refractivity contribution in [2.24, 2.45) is 0 Å². The predicted octanol–water partition coefficient (Wildman–Crippen LogP) is 6.85. The Kier molecular flexibility index (Phi) is 8.49. The Morgan fingerprint density at radius 2 is 1.67 bits per heavy atom. The molecule has 0 amide bonds. The maximum Gasteiger partial charge on any atom is 0.416 e. The average molecular weight is 614 g/mol. The third kappa shape index (κ3) is 6.23. The van der Waals surface area contributed by atoms with E-state index >= 15 is 0 Å². The van der Waals surface area contributed by atoms with Crippen LogP contribution in [0.2, 0.25) is 0 Å². The Bertz CT molecular complexity index is 1640. The average Bonchev–Trinajstić information content (AvgIpc) is 3.48. The fourth-order valence-electron chi connectivity index (χ4n) is 5.51. The largest absolute Gasteiger partial charge is 0.748 e. The van der Waals surface area contributed by atoms with Gasteiger partial charge in [-0.15, -0.1) is 0 Å². The van der Waals surface area contributed by atoms with Gasteiger partial charge in [0.1, 0.15) is 11.5 Å². The molecule has 0 saturated heterocycles. The highest BCUT2D eigenvalue weighted by atomic mass is 32.2. The number of anilines is 3. The Balaban J connectivity index is 1.45. The number of likely N-dealkylation sites (N-methyl/N-ethyl adjacent to an activating group) is 1. The third-order valence-corrected chi connectivity index (χ3v) is 9.08. The molecule has 2 aliphatic heterocycles. The Labute approximate surface area is 250 Å². The van der Waals surface area contributed by atoms with Crippen LogP contribution in [0.1, 0.15) is 32.8 Å². The zero-order valence-electron chi connectivity index (χ0n) is 24.1. The molecule has 2 unspecified atom stereocenters. The molecule has 7 nitrogen and oxygen atoms in total. The molecule has 0 aromatic heterocycles. The molecule has 43 heavy (non-hydrogen) atoms. The number of allylic oxidation sites excluding steroid dienone is 2. The first kappa shape index (κ1) is 30.5. The number of nitrogens with zero attached hydrogens (tertiary/aromatic N) is 3. The number of rotatable bonds is 9. The van der Waals surface area contributed by atoms with E-state index in [0.29, 0.717) is 30.3 Å². The summed E-state index contributed by atoms with van der Waals surface area (Å²) >= 11 is 0. The van der Waals surface area contributed by atoms with Crippen molar-refractivity contribution in [1.29, 1.82) is 0 Å². The second-order valence-electron chi connectivity index (χ2n) is 10.5. The fraction of sp³-hybridized carbons (Fsp3) is 0.312. The first-order chi connectivity index (χ1) is 20.4. The number of aliphatic hydroxyl groups is 1. The lowest BCUT2D eigenvalue weighted by molar-refractivity contribution is -0.137. The molecule has 1 N–H and O–H groups in total. The second-order valence-corrected chi connectivity index (χ2v) is 12.3. The number of alkyl halides is 3. The van der Waals surface area contributed by atoms with E-state index in [1.807, 2.05) is 54.3 Å². The van der Waals surface area contributed by atoms with Crippen LogP contribution in [0.15, 0.2) is 90.8 Å². The minimum Gasteiger partial charge on any atom is -0.748 e. The minimum absolute atomic E-state index is 0.0409. The van der Waals surface area contributed by atoms with Crippen molar-refractivity contribution in [1.82, 2.24) is 0 Å². The first-order valence-corrected chi connectivity index (χ1v) is 15.7. The van der Waals surface area contributed by atoms with Gasteiger partial charge in [-0.3, -0.25) is 4.90 Å². The first-order valence-electron chi connectivity index (χ1n) is 14.2. The number of fused-ring (bicyclic) bond motifs is 2. The van der Waals surface area contributed by atoms with Crippen LogP contribution in [0.5, 0.6) is 5.75 Å². The zero-order valence-corrected chi connectivity index (χ0v) is 24.9. The summed E-state index contributed by atoms with van der Waals surface area (Å²) in [7, 11) is -4.55. The summed E-state index contributed by atoms with van der Waals surface area (Å²) in [4.78, 5) is 5.71. The van der Waals surface area contributed by atoms with E-state index in [-0.39, 0.29) is 19.2 Å². The van der Waals surface area contributed by atoms with Gasteiger partial charge in [0.2, 0.25) is 0 Å². The summed E-state index contributed by atoms with van der Waals surface area (Å²) in [5.41, 5.74) is 3.31. The van der Waals surface area contributed by atoms with Crippen LogP contribution in [-0.2, 0) is 16.3 Å². The van der Waals surface area contributed by atoms with Crippen molar-refractivity contribution in [3.05, 3.63) is 96.3 Å². The summed E-state index contributed by atoms with van der Waals surface area (Å²) in [5.74, 6) is 1.47. The van der Waals surface area contributed by atoms with Crippen LogP contribution in [-0.4, -0.2) is 48.8 Å². The molecule has 0 radical (unpaired) electrons. The van der Waals surface area contributed by atoms with Crippen LogP contribution in [0, 0.1) is 0 Å². The van der Waals surface area contributed by atoms with Crippen molar-refractivity contribution in [2.75, 3.05) is 34.3 Å². The predicted molar refractivity (Wildman–Crippen MR) is 163 cm³/mol. The van der Waals surface area contributed by atoms with Crippen molar-refractivity contribution < 1.29 is 30.9 Å². The molecule has 2 heterocycles. The van der Waals surface area contributed by atoms with E-state index in [0.717, 1.165) is 34.7 Å². The lowest BCUT2D eigenvalue weighted by atomic mass is 10.0. The number of aromatic hydroxyl groups is 1. The highest BCUT2D eigenvalue weighted by Crippen LogP contribution is 2.45. The van der Waals surface area contributed by atoms with Gasteiger partial charge >= 0.3 is 6.18 Å². The normalized spacial score (nSPS) is 18.3. The van der Waals surface area contributed by atoms with Crippen LogP contribution >= 0.6 is 0 Å². The van der Waals surface area contributed by atoms with Crippen molar-refractivity contribution in [2.45, 2.75) is 44.8 Å². The van der Waals surface area contributed by atoms with Crippen LogP contribution in [0.25, 0.3) is 11.1 Å². The number of hydrogen-bond acceptors (Lipinski definition) is 6. The lowest BCUT2D eigenvalue weighted by Crippen LogP contribution is -2.32. The highest BCUT2D eigenvalue weighted by Gasteiger charge is 2.37. The third-order valence-electron chi connectivity index (χ3n) is 7.86. The summed E-state index contributed by atoms with van der Waals surface area (Å²) in [6.45, 7) is 6.48. The molecule has 2 aliphatic rings. The molecule has 0 bridgehead atoms. The van der Waals surface area contributed by atoms with Gasteiger partial charge in [-0.2, -0.15) is 13.2 Å². The summed E-state index contributed by atoms with van der Waals surface area (Å²) in [6.07, 6.45) is 0.696. The van der Waals surface area contributed by atoms with Crippen molar-refractivity contribution in [3.8, 4) is 16.9 Å². The van der Waals surface area contributed by atoms with Crippen molar-refractivity contribution in [3.63, 3.8) is 0 Å². The number of hydrogen-bond donors (Lipinski definition) is 0. The van der Waals surface area contributed by atoms with Gasteiger partial charge in [-0.1, -0.05) is 36.4 Å². The topological polar surface area (TPSA) is 79.7 Å². The smallest absolute Gasteiger partial charge is 0.416 e. The molecule has 0 fully saturated rings. The maximum atomic E-state index is 13.6. The molecule has 5 rings (SSSR count). The van der Waals surface area contributed by atoms with Crippen LogP contribution in [0.4, 0.5) is 30.2 Å². The highest BCUT2D eigenvalue weighted by molar-refractivity contribution is 7.86. The van der Waals surface area contributed by atoms with E-state index in [1.54, 1.807) is 11.0 Å². The van der Waals surface area contributed by atoms with E-state index in [2.05, 4.69) is 30.0 Å². The summed E-state index contributed by atoms with van der Waals surface area (Å²) in [6, 6.07) is 19.8. The lowest BCUT2D eigenvalue weighted by Gasteiger charge is -2.26. The van der Waals surface area contributed by atoms with Crippen molar-refractivity contribution >= 4 is 27.2 Å². The second kappa shape index (κ2) is 12.0. The Hall–Kier alpha value is -3.96. The van der Waals surface area contributed by atoms with Crippen LogP contribution in [0.3, 0.4) is 0 Å². The van der Waals surface area contributed by atoms with Gasteiger partial charge in [-0.25, -0.2) is 8.42 Å². The zero-order chi connectivity index (χ0) is 30.9. The van der Waals surface area contributed by atoms with Gasteiger partial charge in [0, 0.05) is 37.0 Å². The Morgan fingerprint density at radius 3 is 2.33 bits per heavy atom. The Morgan fingerprint density at radius 1 is 0.930 bits per heavy atom. The molecule has 3 aromatic carbocycles. The van der Waals surface area contributed by atoms with Gasteiger partial charge in [0.15, 0.2) is 0 Å². The molecule has 228 valence electrons. The SMILES string of the molecule is CCN1/C(=C/C=C\C2[OH+]c3ccc(-c4ccccc4)cc3N2CC)N(CCC(C)S(=O)(=O)[O-])c2cc(C(F)(F)F)ccc21. The quantitative estimate of drug-likeness (QED) is 0.194. The fourth-order valence-corrected chi connectivity index (χ4v) is 5.91. The van der Waals surface area contributed by atoms with E-state index in [4.69, 9.17) is 4.74 Å². The number of ether oxygens (including phenoxy) is 1. The van der Waals surface area contributed by atoms with Gasteiger partial charge in [0.25, 0.3) is 12.0 Å². The maximum absolute atomic E-state index is 13.6. The molecular weight excluding hydrogens is 579 g/mol. The van der Waals surface area contributed by atoms with E-state index < -0.39 is 27.1 Å². The molecule has 0 spiro atoms.